The van der Waals surface area contributed by atoms with Gasteiger partial charge in [-0.15, -0.1) is 0 Å². The van der Waals surface area contributed by atoms with Gasteiger partial charge in [-0.1, -0.05) is 11.6 Å². The summed E-state index contributed by atoms with van der Waals surface area (Å²) < 4.78 is 10.7. The Morgan fingerprint density at radius 1 is 1.06 bits per heavy atom. The van der Waals surface area contributed by atoms with Crippen molar-refractivity contribution in [1.29, 1.82) is 0 Å². The average Bonchev–Trinajstić information content (AvgIpc) is 2.36. The van der Waals surface area contributed by atoms with Crippen LogP contribution >= 0.6 is 11.6 Å². The molecule has 18 heavy (non-hydrogen) atoms. The predicted molar refractivity (Wildman–Crippen MR) is 64.4 cm³/mol. The van der Waals surface area contributed by atoms with E-state index in [1.165, 1.54) is 0 Å². The summed E-state index contributed by atoms with van der Waals surface area (Å²) in [5, 5.41) is 29.5. The SMILES string of the molecule is C[C@@H]1O[C@H](Oc2ccc(Cl)cc2)[C@@H](O)[C@H](O)[C@@H]1O. The highest BCUT2D eigenvalue weighted by atomic mass is 35.5. The number of halogens is 1. The molecule has 5 atom stereocenters. The first-order valence-electron chi connectivity index (χ1n) is 5.61. The highest BCUT2D eigenvalue weighted by molar-refractivity contribution is 6.30. The zero-order valence-electron chi connectivity index (χ0n) is 9.73. The van der Waals surface area contributed by atoms with Gasteiger partial charge in [-0.25, -0.2) is 0 Å². The van der Waals surface area contributed by atoms with Crippen molar-refractivity contribution in [3.63, 3.8) is 0 Å². The van der Waals surface area contributed by atoms with Gasteiger partial charge in [0.2, 0.25) is 6.29 Å². The van der Waals surface area contributed by atoms with Crippen LogP contribution in [0.25, 0.3) is 0 Å². The second-order valence-corrected chi connectivity index (χ2v) is 4.69. The molecular weight excluding hydrogens is 260 g/mol. The Kier molecular flexibility index (Phi) is 4.09. The van der Waals surface area contributed by atoms with Crippen molar-refractivity contribution < 1.29 is 24.8 Å². The molecule has 0 saturated carbocycles. The number of rotatable bonds is 2. The Hall–Kier alpha value is -0.850. The van der Waals surface area contributed by atoms with E-state index >= 15 is 0 Å². The average molecular weight is 275 g/mol. The molecule has 1 fully saturated rings. The molecule has 3 N–H and O–H groups in total. The van der Waals surface area contributed by atoms with Crippen LogP contribution in [0.2, 0.25) is 5.02 Å². The Morgan fingerprint density at radius 2 is 1.67 bits per heavy atom. The topological polar surface area (TPSA) is 79.2 Å². The van der Waals surface area contributed by atoms with E-state index in [1.54, 1.807) is 31.2 Å². The molecule has 5 nitrogen and oxygen atoms in total. The molecule has 6 heteroatoms. The molecule has 1 aliphatic rings. The third kappa shape index (κ3) is 2.76. The minimum absolute atomic E-state index is 0.458. The Balaban J connectivity index is 2.06. The molecule has 1 aromatic rings. The zero-order valence-corrected chi connectivity index (χ0v) is 10.5. The maximum atomic E-state index is 9.76. The van der Waals surface area contributed by atoms with Crippen molar-refractivity contribution in [3.05, 3.63) is 29.3 Å². The minimum atomic E-state index is -1.31. The second kappa shape index (κ2) is 5.42. The van der Waals surface area contributed by atoms with E-state index in [0.717, 1.165) is 0 Å². The molecule has 1 saturated heterocycles. The van der Waals surface area contributed by atoms with Crippen molar-refractivity contribution in [3.8, 4) is 5.75 Å². The van der Waals surface area contributed by atoms with E-state index < -0.39 is 30.7 Å². The van der Waals surface area contributed by atoms with Crippen LogP contribution in [0.15, 0.2) is 24.3 Å². The molecule has 0 spiro atoms. The number of aliphatic hydroxyl groups excluding tert-OH is 3. The van der Waals surface area contributed by atoms with Gasteiger partial charge in [0.15, 0.2) is 0 Å². The molecule has 0 unspecified atom stereocenters. The van der Waals surface area contributed by atoms with Crippen LogP contribution in [0.1, 0.15) is 6.92 Å². The van der Waals surface area contributed by atoms with E-state index in [1.807, 2.05) is 0 Å². The standard InChI is InChI=1S/C12H15ClO5/c1-6-9(14)10(15)11(16)12(17-6)18-8-4-2-7(13)3-5-8/h2-6,9-12,14-16H,1H3/t6-,9+,10+,11-,12+/m0/s1. The minimum Gasteiger partial charge on any atom is -0.462 e. The van der Waals surface area contributed by atoms with E-state index in [-0.39, 0.29) is 0 Å². The maximum Gasteiger partial charge on any atom is 0.229 e. The van der Waals surface area contributed by atoms with Crippen LogP contribution in [-0.4, -0.2) is 46.0 Å². The Bertz CT molecular complexity index is 396. The summed E-state index contributed by atoms with van der Waals surface area (Å²) in [4.78, 5) is 0. The molecule has 0 aromatic heterocycles. The Morgan fingerprint density at radius 3 is 2.28 bits per heavy atom. The largest absolute Gasteiger partial charge is 0.462 e. The van der Waals surface area contributed by atoms with Gasteiger partial charge in [0.05, 0.1) is 6.10 Å². The number of hydrogen-bond donors (Lipinski definition) is 3. The molecule has 0 amide bonds. The van der Waals surface area contributed by atoms with Gasteiger partial charge in [-0.3, -0.25) is 0 Å². The van der Waals surface area contributed by atoms with Crippen LogP contribution in [0.3, 0.4) is 0 Å². The summed E-state index contributed by atoms with van der Waals surface area (Å²) in [6.07, 6.45) is -5.40. The smallest absolute Gasteiger partial charge is 0.229 e. The fraction of sp³-hybridized carbons (Fsp3) is 0.500. The molecule has 1 aliphatic heterocycles. The monoisotopic (exact) mass is 274 g/mol. The molecule has 0 bridgehead atoms. The fourth-order valence-electron chi connectivity index (χ4n) is 1.76. The lowest BCUT2D eigenvalue weighted by Crippen LogP contribution is -2.58. The summed E-state index contributed by atoms with van der Waals surface area (Å²) >= 11 is 5.74. The van der Waals surface area contributed by atoms with Gasteiger partial charge in [0, 0.05) is 5.02 Å². The number of aliphatic hydroxyl groups is 3. The first-order valence-corrected chi connectivity index (χ1v) is 5.98. The first kappa shape index (κ1) is 13.6. The van der Waals surface area contributed by atoms with Crippen LogP contribution < -0.4 is 4.74 Å². The quantitative estimate of drug-likeness (QED) is 0.734. The van der Waals surface area contributed by atoms with Crippen molar-refractivity contribution in [2.45, 2.75) is 37.6 Å². The molecular formula is C12H15ClO5. The zero-order chi connectivity index (χ0) is 13.3. The molecule has 1 heterocycles. The molecule has 0 radical (unpaired) electrons. The highest BCUT2D eigenvalue weighted by Gasteiger charge is 2.43. The van der Waals surface area contributed by atoms with Gasteiger partial charge in [-0.05, 0) is 31.2 Å². The third-order valence-corrected chi connectivity index (χ3v) is 3.13. The summed E-state index contributed by atoms with van der Waals surface area (Å²) in [5.74, 6) is 0.458. The molecule has 1 aromatic carbocycles. The highest BCUT2D eigenvalue weighted by Crippen LogP contribution is 2.24. The van der Waals surface area contributed by atoms with E-state index in [2.05, 4.69) is 0 Å². The predicted octanol–water partition coefficient (Wildman–Crippen LogP) is 0.546. The number of benzene rings is 1. The molecule has 100 valence electrons. The van der Waals surface area contributed by atoms with Gasteiger partial charge < -0.3 is 24.8 Å². The first-order chi connectivity index (χ1) is 8.49. The van der Waals surface area contributed by atoms with Gasteiger partial charge in [0.1, 0.15) is 24.1 Å². The summed E-state index contributed by atoms with van der Waals surface area (Å²) in [6.45, 7) is 1.60. The van der Waals surface area contributed by atoms with Gasteiger partial charge >= 0.3 is 0 Å². The van der Waals surface area contributed by atoms with Crippen molar-refractivity contribution in [1.82, 2.24) is 0 Å². The van der Waals surface area contributed by atoms with Crippen molar-refractivity contribution in [2.75, 3.05) is 0 Å². The van der Waals surface area contributed by atoms with Gasteiger partial charge in [-0.2, -0.15) is 0 Å². The lowest BCUT2D eigenvalue weighted by atomic mass is 10.00. The maximum absolute atomic E-state index is 9.76. The van der Waals surface area contributed by atoms with E-state index in [9.17, 15) is 15.3 Å². The Labute approximate surface area is 110 Å². The van der Waals surface area contributed by atoms with E-state index in [0.29, 0.717) is 10.8 Å². The van der Waals surface area contributed by atoms with E-state index in [4.69, 9.17) is 21.1 Å². The summed E-state index contributed by atoms with van der Waals surface area (Å²) in [7, 11) is 0. The number of ether oxygens (including phenoxy) is 2. The van der Waals surface area contributed by atoms with Gasteiger partial charge in [0.25, 0.3) is 0 Å². The third-order valence-electron chi connectivity index (χ3n) is 2.87. The summed E-state index contributed by atoms with van der Waals surface area (Å²) in [5.41, 5.74) is 0. The fourth-order valence-corrected chi connectivity index (χ4v) is 1.88. The molecule has 0 aliphatic carbocycles. The van der Waals surface area contributed by atoms with Crippen LogP contribution in [0, 0.1) is 0 Å². The summed E-state index contributed by atoms with van der Waals surface area (Å²) in [6, 6.07) is 6.53. The van der Waals surface area contributed by atoms with Crippen molar-refractivity contribution >= 4 is 11.6 Å². The lowest BCUT2D eigenvalue weighted by molar-refractivity contribution is -0.268. The van der Waals surface area contributed by atoms with Crippen molar-refractivity contribution in [2.24, 2.45) is 0 Å². The second-order valence-electron chi connectivity index (χ2n) is 4.25. The van der Waals surface area contributed by atoms with Crippen LogP contribution in [0.5, 0.6) is 5.75 Å². The van der Waals surface area contributed by atoms with Crippen LogP contribution in [-0.2, 0) is 4.74 Å². The number of hydrogen-bond acceptors (Lipinski definition) is 5. The lowest BCUT2D eigenvalue weighted by Gasteiger charge is -2.38. The van der Waals surface area contributed by atoms with Crippen LogP contribution in [0.4, 0.5) is 0 Å². The molecule has 2 rings (SSSR count). The normalized spacial score (nSPS) is 36.4.